The molecule has 0 rings (SSSR count). The fraction of sp³-hybridized carbons (Fsp3) is 0.917. The van der Waals surface area contributed by atoms with Crippen LogP contribution in [0.25, 0.3) is 0 Å². The molecule has 15 heavy (non-hydrogen) atoms. The van der Waals surface area contributed by atoms with Crippen LogP contribution in [0.5, 0.6) is 0 Å². The number of nitrogens with one attached hydrogen (secondary N) is 2. The Morgan fingerprint density at radius 2 is 1.80 bits per heavy atom. The van der Waals surface area contributed by atoms with Gasteiger partial charge in [-0.3, -0.25) is 4.79 Å². The first-order chi connectivity index (χ1) is 6.97. The molecule has 1 amide bonds. The zero-order valence-corrected chi connectivity index (χ0v) is 10.8. The number of amides is 1. The monoisotopic (exact) mass is 214 g/mol. The van der Waals surface area contributed by atoms with Gasteiger partial charge < -0.3 is 10.6 Å². The van der Waals surface area contributed by atoms with Crippen LogP contribution in [0.15, 0.2) is 0 Å². The summed E-state index contributed by atoms with van der Waals surface area (Å²) in [5.74, 6) is 0.667. The van der Waals surface area contributed by atoms with E-state index in [1.807, 2.05) is 0 Å². The second kappa shape index (κ2) is 7.69. The van der Waals surface area contributed by atoms with Crippen LogP contribution in [0.2, 0.25) is 0 Å². The molecule has 0 aromatic heterocycles. The Balaban J connectivity index is 3.72. The van der Waals surface area contributed by atoms with Gasteiger partial charge in [0.25, 0.3) is 0 Å². The van der Waals surface area contributed by atoms with Crippen molar-refractivity contribution in [3.8, 4) is 0 Å². The van der Waals surface area contributed by atoms with E-state index in [1.54, 1.807) is 0 Å². The van der Waals surface area contributed by atoms with Gasteiger partial charge in [-0.25, -0.2) is 0 Å². The lowest BCUT2D eigenvalue weighted by molar-refractivity contribution is -0.122. The van der Waals surface area contributed by atoms with Gasteiger partial charge >= 0.3 is 0 Å². The van der Waals surface area contributed by atoms with Gasteiger partial charge in [0.2, 0.25) is 5.91 Å². The maximum atomic E-state index is 11.5. The average Bonchev–Trinajstić information content (AvgIpc) is 2.13. The molecule has 90 valence electrons. The van der Waals surface area contributed by atoms with Gasteiger partial charge in [0.05, 0.1) is 0 Å². The predicted octanol–water partition coefficient (Wildman–Crippen LogP) is 1.93. The average molecular weight is 214 g/mol. The van der Waals surface area contributed by atoms with Gasteiger partial charge in [-0.1, -0.05) is 34.6 Å². The molecule has 1 unspecified atom stereocenters. The molecule has 0 saturated heterocycles. The van der Waals surface area contributed by atoms with Crippen LogP contribution in [-0.2, 0) is 4.79 Å². The van der Waals surface area contributed by atoms with Crippen LogP contribution in [0.1, 0.15) is 47.5 Å². The second-order valence-electron chi connectivity index (χ2n) is 4.69. The molecule has 0 radical (unpaired) electrons. The van der Waals surface area contributed by atoms with Gasteiger partial charge in [-0.05, 0) is 12.3 Å². The van der Waals surface area contributed by atoms with Crippen molar-refractivity contribution < 1.29 is 4.79 Å². The molecule has 0 aliphatic rings. The SMILES string of the molecule is CCC(NC(=O)CCNC(C)C)C(C)C. The largest absolute Gasteiger partial charge is 0.353 e. The van der Waals surface area contributed by atoms with E-state index in [4.69, 9.17) is 0 Å². The molecule has 1 atom stereocenters. The topological polar surface area (TPSA) is 41.1 Å². The molecule has 3 nitrogen and oxygen atoms in total. The highest BCUT2D eigenvalue weighted by molar-refractivity contribution is 5.76. The Bertz CT molecular complexity index is 178. The Kier molecular flexibility index (Phi) is 7.39. The predicted molar refractivity (Wildman–Crippen MR) is 64.8 cm³/mol. The summed E-state index contributed by atoms with van der Waals surface area (Å²) in [7, 11) is 0. The van der Waals surface area contributed by atoms with Gasteiger partial charge in [-0.2, -0.15) is 0 Å². The number of hydrogen-bond donors (Lipinski definition) is 2. The second-order valence-corrected chi connectivity index (χ2v) is 4.69. The lowest BCUT2D eigenvalue weighted by Gasteiger charge is -2.20. The van der Waals surface area contributed by atoms with E-state index in [1.165, 1.54) is 0 Å². The third kappa shape index (κ3) is 7.37. The van der Waals surface area contributed by atoms with Crippen LogP contribution < -0.4 is 10.6 Å². The fourth-order valence-electron chi connectivity index (χ4n) is 1.49. The fourth-order valence-corrected chi connectivity index (χ4v) is 1.49. The minimum Gasteiger partial charge on any atom is -0.353 e. The van der Waals surface area contributed by atoms with Crippen molar-refractivity contribution in [2.75, 3.05) is 6.54 Å². The summed E-state index contributed by atoms with van der Waals surface area (Å²) >= 11 is 0. The maximum absolute atomic E-state index is 11.5. The molecule has 0 spiro atoms. The molecule has 0 heterocycles. The Morgan fingerprint density at radius 1 is 1.20 bits per heavy atom. The molecule has 0 aromatic carbocycles. The molecule has 0 aliphatic heterocycles. The van der Waals surface area contributed by atoms with Gasteiger partial charge in [0.1, 0.15) is 0 Å². The lowest BCUT2D eigenvalue weighted by atomic mass is 10.0. The van der Waals surface area contributed by atoms with Crippen LogP contribution in [0.3, 0.4) is 0 Å². The van der Waals surface area contributed by atoms with Crippen molar-refractivity contribution >= 4 is 5.91 Å². The summed E-state index contributed by atoms with van der Waals surface area (Å²) in [6, 6.07) is 0.765. The van der Waals surface area contributed by atoms with Crippen molar-refractivity contribution in [3.63, 3.8) is 0 Å². The molecule has 0 aliphatic carbocycles. The van der Waals surface area contributed by atoms with Crippen molar-refractivity contribution in [1.29, 1.82) is 0 Å². The van der Waals surface area contributed by atoms with Crippen LogP contribution in [0.4, 0.5) is 0 Å². The summed E-state index contributed by atoms with van der Waals surface area (Å²) in [5, 5.41) is 6.30. The third-order valence-electron chi connectivity index (χ3n) is 2.50. The van der Waals surface area contributed by atoms with Crippen LogP contribution >= 0.6 is 0 Å². The van der Waals surface area contributed by atoms with Crippen molar-refractivity contribution in [3.05, 3.63) is 0 Å². The summed E-state index contributed by atoms with van der Waals surface area (Å²) < 4.78 is 0. The first-order valence-corrected chi connectivity index (χ1v) is 6.00. The van der Waals surface area contributed by atoms with Crippen LogP contribution in [-0.4, -0.2) is 24.5 Å². The molecule has 0 saturated carbocycles. The van der Waals surface area contributed by atoms with Gasteiger partial charge in [0, 0.05) is 25.0 Å². The Labute approximate surface area is 94.0 Å². The highest BCUT2D eigenvalue weighted by Crippen LogP contribution is 2.05. The van der Waals surface area contributed by atoms with E-state index in [0.717, 1.165) is 13.0 Å². The van der Waals surface area contributed by atoms with E-state index in [-0.39, 0.29) is 5.91 Å². The molecule has 0 aromatic rings. The molecule has 0 fully saturated rings. The van der Waals surface area contributed by atoms with Gasteiger partial charge in [0.15, 0.2) is 0 Å². The Morgan fingerprint density at radius 3 is 2.20 bits per heavy atom. The summed E-state index contributed by atoms with van der Waals surface area (Å²) in [6.45, 7) is 11.3. The first kappa shape index (κ1) is 14.4. The zero-order valence-electron chi connectivity index (χ0n) is 10.8. The van der Waals surface area contributed by atoms with Crippen molar-refractivity contribution in [1.82, 2.24) is 10.6 Å². The highest BCUT2D eigenvalue weighted by atomic mass is 16.1. The van der Waals surface area contributed by atoms with Crippen molar-refractivity contribution in [2.24, 2.45) is 5.92 Å². The van der Waals surface area contributed by atoms with Crippen LogP contribution in [0, 0.1) is 5.92 Å². The first-order valence-electron chi connectivity index (χ1n) is 6.00. The quantitative estimate of drug-likeness (QED) is 0.680. The highest BCUT2D eigenvalue weighted by Gasteiger charge is 2.13. The normalized spacial score (nSPS) is 13.3. The number of carbonyl (C=O) groups excluding carboxylic acids is 1. The maximum Gasteiger partial charge on any atom is 0.221 e. The van der Waals surface area contributed by atoms with Gasteiger partial charge in [-0.15, -0.1) is 0 Å². The number of hydrogen-bond acceptors (Lipinski definition) is 2. The van der Waals surface area contributed by atoms with E-state index < -0.39 is 0 Å². The molecular weight excluding hydrogens is 188 g/mol. The smallest absolute Gasteiger partial charge is 0.221 e. The van der Waals surface area contributed by atoms with Crippen molar-refractivity contribution in [2.45, 2.75) is 59.5 Å². The van der Waals surface area contributed by atoms with E-state index in [0.29, 0.717) is 24.4 Å². The number of carbonyl (C=O) groups is 1. The molecule has 2 N–H and O–H groups in total. The minimum atomic E-state index is 0.156. The van der Waals surface area contributed by atoms with E-state index >= 15 is 0 Å². The summed E-state index contributed by atoms with van der Waals surface area (Å²) in [5.41, 5.74) is 0. The molecular formula is C12H26N2O. The lowest BCUT2D eigenvalue weighted by Crippen LogP contribution is -2.39. The van der Waals surface area contributed by atoms with E-state index in [9.17, 15) is 4.79 Å². The third-order valence-corrected chi connectivity index (χ3v) is 2.50. The number of rotatable bonds is 7. The summed E-state index contributed by atoms with van der Waals surface area (Å²) in [4.78, 5) is 11.5. The minimum absolute atomic E-state index is 0.156. The standard InChI is InChI=1S/C12H26N2O/c1-6-11(9(2)3)14-12(15)7-8-13-10(4)5/h9-11,13H,6-8H2,1-5H3,(H,14,15). The zero-order chi connectivity index (χ0) is 11.8. The van der Waals surface area contributed by atoms with E-state index in [2.05, 4.69) is 45.3 Å². The Hall–Kier alpha value is -0.570. The molecule has 0 bridgehead atoms. The summed E-state index contributed by atoms with van der Waals surface area (Å²) in [6.07, 6.45) is 1.57. The molecule has 3 heteroatoms.